The van der Waals surface area contributed by atoms with Gasteiger partial charge in [-0.05, 0) is 61.0 Å². The predicted octanol–water partition coefficient (Wildman–Crippen LogP) is 3.51. The number of carbonyl (C=O) groups is 1. The first-order valence-electron chi connectivity index (χ1n) is 8.02. The highest BCUT2D eigenvalue weighted by Gasteiger charge is 2.24. The molecule has 1 saturated heterocycles. The number of carbonyl (C=O) groups excluding carboxylic acids is 1. The number of nitrogens with zero attached hydrogens (tertiary/aromatic N) is 2. The number of alkyl halides is 1. The van der Waals surface area contributed by atoms with Gasteiger partial charge in [0.2, 0.25) is 0 Å². The molecule has 1 aliphatic heterocycles. The summed E-state index contributed by atoms with van der Waals surface area (Å²) in [6.45, 7) is 0.697. The summed E-state index contributed by atoms with van der Waals surface area (Å²) in [5, 5.41) is 11.8. The van der Waals surface area contributed by atoms with Crippen molar-refractivity contribution in [2.24, 2.45) is 5.73 Å². The van der Waals surface area contributed by atoms with Crippen LogP contribution in [0.1, 0.15) is 25.0 Å². The topological polar surface area (TPSA) is 110 Å². The van der Waals surface area contributed by atoms with E-state index < -0.39 is 6.10 Å². The van der Waals surface area contributed by atoms with Crippen molar-refractivity contribution in [1.82, 2.24) is 15.3 Å². The molecular weight excluding hydrogens is 583 g/mol. The van der Waals surface area contributed by atoms with Gasteiger partial charge in [0.05, 0.1) is 17.9 Å². The second kappa shape index (κ2) is 12.5. The standard InChI is InChI=1S/C8H7BrN2O2.C7H9BrN2O.CH3I/c9-5-1-2-6(10-3-5)7-4-11-8(12)13-7;8-5-1-2-6(10-4-5)7(11)3-9;1-2/h1-3,7H,4H2,(H,11,12);1-2,4,7,11H,3,9H2;1H3/t2*7-;/m00./s1/i;;1D. The van der Waals surface area contributed by atoms with Gasteiger partial charge in [-0.25, -0.2) is 4.79 Å². The third-order valence-electron chi connectivity index (χ3n) is 3.08. The average Bonchev–Trinajstić information content (AvgIpc) is 3.10. The van der Waals surface area contributed by atoms with E-state index in [1.54, 1.807) is 18.5 Å². The van der Waals surface area contributed by atoms with Gasteiger partial charge in [0.1, 0.15) is 6.10 Å². The van der Waals surface area contributed by atoms with Gasteiger partial charge in [-0.1, -0.05) is 22.6 Å². The van der Waals surface area contributed by atoms with Crippen LogP contribution in [0.25, 0.3) is 0 Å². The second-order valence-electron chi connectivity index (χ2n) is 4.83. The lowest BCUT2D eigenvalue weighted by Crippen LogP contribution is -2.12. The maximum Gasteiger partial charge on any atom is 0.408 e. The monoisotopic (exact) mass is 601 g/mol. The molecule has 0 saturated carbocycles. The Morgan fingerprint density at radius 2 is 2.00 bits per heavy atom. The lowest BCUT2D eigenvalue weighted by Gasteiger charge is -2.05. The Morgan fingerprint density at radius 3 is 2.42 bits per heavy atom. The smallest absolute Gasteiger partial charge is 0.408 e. The van der Waals surface area contributed by atoms with Crippen molar-refractivity contribution in [3.8, 4) is 0 Å². The maximum atomic E-state index is 10.7. The van der Waals surface area contributed by atoms with Crippen LogP contribution in [-0.2, 0) is 4.74 Å². The van der Waals surface area contributed by atoms with Gasteiger partial charge in [-0.2, -0.15) is 0 Å². The predicted molar refractivity (Wildman–Crippen MR) is 115 cm³/mol. The van der Waals surface area contributed by atoms with Crippen LogP contribution in [0, 0.1) is 0 Å². The molecule has 3 rings (SSSR count). The molecule has 0 aliphatic carbocycles. The number of alkyl carbamates (subject to hydrolysis) is 1. The van der Waals surface area contributed by atoms with Crippen molar-refractivity contribution in [3.05, 3.63) is 57.0 Å². The Morgan fingerprint density at radius 1 is 1.38 bits per heavy atom. The number of halogens is 3. The summed E-state index contributed by atoms with van der Waals surface area (Å²) in [7, 11) is 0. The number of nitrogens with two attached hydrogens (primary N) is 1. The number of ether oxygens (including phenoxy) is 1. The lowest BCUT2D eigenvalue weighted by molar-refractivity contribution is 0.139. The number of rotatable bonds is 3. The van der Waals surface area contributed by atoms with Crippen LogP contribution in [0.3, 0.4) is 0 Å². The molecule has 0 unspecified atom stereocenters. The van der Waals surface area contributed by atoms with Gasteiger partial charge in [0.25, 0.3) is 0 Å². The molecule has 2 aromatic rings. The number of aliphatic hydroxyl groups is 1. The van der Waals surface area contributed by atoms with E-state index in [2.05, 4.69) is 47.1 Å². The number of amides is 1. The first-order chi connectivity index (χ1) is 12.9. The van der Waals surface area contributed by atoms with Crippen LogP contribution in [0.5, 0.6) is 0 Å². The van der Waals surface area contributed by atoms with Crippen LogP contribution in [0.2, 0.25) is 0 Å². The summed E-state index contributed by atoms with van der Waals surface area (Å²) in [5.74, 6) is 0. The normalized spacial score (nSPS) is 16.7. The summed E-state index contributed by atoms with van der Waals surface area (Å²) < 4.78 is 13.0. The van der Waals surface area contributed by atoms with Crippen LogP contribution in [-0.4, -0.2) is 39.2 Å². The maximum absolute atomic E-state index is 10.7. The van der Waals surface area contributed by atoms with Gasteiger partial charge in [0.15, 0.2) is 6.10 Å². The molecular formula is C16H19Br2IN4O3. The minimum Gasteiger partial charge on any atom is -0.438 e. The van der Waals surface area contributed by atoms with Crippen molar-refractivity contribution in [2.75, 3.05) is 18.0 Å². The summed E-state index contributed by atoms with van der Waals surface area (Å²) in [6.07, 6.45) is 2.04. The third kappa shape index (κ3) is 7.82. The Balaban J connectivity index is 0.000000239. The van der Waals surface area contributed by atoms with Crippen LogP contribution < -0.4 is 11.1 Å². The molecule has 26 heavy (non-hydrogen) atoms. The second-order valence-corrected chi connectivity index (χ2v) is 6.66. The zero-order valence-corrected chi connectivity index (χ0v) is 18.9. The summed E-state index contributed by atoms with van der Waals surface area (Å²) >= 11 is 8.48. The van der Waals surface area contributed by atoms with Gasteiger partial charge < -0.3 is 20.9 Å². The number of hydrogen-bond donors (Lipinski definition) is 3. The number of aliphatic hydroxyl groups excluding tert-OH is 1. The van der Waals surface area contributed by atoms with E-state index >= 15 is 0 Å². The fourth-order valence-electron chi connectivity index (χ4n) is 1.84. The molecule has 1 fully saturated rings. The van der Waals surface area contributed by atoms with E-state index in [4.69, 9.17) is 11.8 Å². The fourth-order valence-corrected chi connectivity index (χ4v) is 2.31. The minimum atomic E-state index is -0.650. The Bertz CT molecular complexity index is 695. The molecule has 0 spiro atoms. The highest BCUT2D eigenvalue weighted by Crippen LogP contribution is 2.19. The molecule has 0 radical (unpaired) electrons. The Labute approximate surface area is 183 Å². The number of cyclic esters (lactones) is 1. The molecule has 2 atom stereocenters. The quantitative estimate of drug-likeness (QED) is 0.366. The van der Waals surface area contributed by atoms with Crippen molar-refractivity contribution < 1.29 is 16.0 Å². The van der Waals surface area contributed by atoms with E-state index in [9.17, 15) is 9.90 Å². The molecule has 142 valence electrons. The summed E-state index contributed by atoms with van der Waals surface area (Å²) in [6, 6.07) is 7.26. The molecule has 3 heterocycles. The van der Waals surface area contributed by atoms with Crippen molar-refractivity contribution >= 4 is 60.5 Å². The molecule has 0 aromatic carbocycles. The molecule has 1 aliphatic rings. The van der Waals surface area contributed by atoms with Crippen molar-refractivity contribution in [2.45, 2.75) is 12.2 Å². The average molecular weight is 603 g/mol. The number of pyridine rings is 2. The van der Waals surface area contributed by atoms with Gasteiger partial charge in [-0.3, -0.25) is 9.97 Å². The zero-order chi connectivity index (χ0) is 20.2. The van der Waals surface area contributed by atoms with E-state index in [0.717, 1.165) is 14.6 Å². The van der Waals surface area contributed by atoms with E-state index in [1.165, 1.54) is 0 Å². The number of aromatic nitrogens is 2. The molecule has 4 N–H and O–H groups in total. The Kier molecular flexibility index (Phi) is 10.4. The zero-order valence-electron chi connectivity index (χ0n) is 14.6. The first kappa shape index (κ1) is 21.5. The number of hydrogen-bond acceptors (Lipinski definition) is 6. The minimum absolute atomic E-state index is 0.203. The van der Waals surface area contributed by atoms with Gasteiger partial charge in [-0.15, -0.1) is 0 Å². The molecule has 7 nitrogen and oxygen atoms in total. The van der Waals surface area contributed by atoms with E-state index in [-0.39, 0.29) is 18.7 Å². The third-order valence-corrected chi connectivity index (χ3v) is 4.01. The highest BCUT2D eigenvalue weighted by molar-refractivity contribution is 14.1. The van der Waals surface area contributed by atoms with E-state index in [1.807, 2.05) is 40.8 Å². The molecule has 1 amide bonds. The fraction of sp³-hybridized carbons (Fsp3) is 0.312. The van der Waals surface area contributed by atoms with Crippen LogP contribution in [0.15, 0.2) is 45.6 Å². The summed E-state index contributed by atoms with van der Waals surface area (Å²) in [5.41, 5.74) is 6.61. The number of nitrogens with one attached hydrogen (secondary N) is 1. The summed E-state index contributed by atoms with van der Waals surface area (Å²) in [4.78, 5) is 19.3. The van der Waals surface area contributed by atoms with Crippen LogP contribution >= 0.6 is 54.5 Å². The molecule has 0 bridgehead atoms. The lowest BCUT2D eigenvalue weighted by atomic mass is 10.2. The van der Waals surface area contributed by atoms with Gasteiger partial charge in [0, 0.05) is 29.3 Å². The highest BCUT2D eigenvalue weighted by atomic mass is 127. The molecule has 2 aromatic heterocycles. The van der Waals surface area contributed by atoms with Crippen molar-refractivity contribution in [3.63, 3.8) is 0 Å². The first-order valence-corrected chi connectivity index (χ1v) is 10.4. The Hall–Kier alpha value is -0.820. The van der Waals surface area contributed by atoms with Crippen molar-refractivity contribution in [1.29, 1.82) is 0 Å². The van der Waals surface area contributed by atoms with Crippen LogP contribution in [0.4, 0.5) is 4.79 Å². The largest absolute Gasteiger partial charge is 0.438 e. The van der Waals surface area contributed by atoms with Gasteiger partial charge >= 0.3 is 6.09 Å². The SMILES string of the molecule is NC[C@H](O)c1ccc(Br)cn1.O=C1NC[C@@H](c2ccc(Br)cn2)O1.[2H]CI. The van der Waals surface area contributed by atoms with E-state index in [0.29, 0.717) is 17.1 Å². The molecule has 10 heteroatoms.